The fraction of sp³-hybridized carbons (Fsp3) is 0.152. The van der Waals surface area contributed by atoms with E-state index >= 15 is 0 Å². The Balaban J connectivity index is 1.26. The molecule has 1 aliphatic rings. The number of nitriles is 1. The number of benzene rings is 3. The Hall–Kier alpha value is -5.27. The van der Waals surface area contributed by atoms with Crippen LogP contribution in [0.4, 0.5) is 5.69 Å². The third-order valence-corrected chi connectivity index (χ3v) is 8.00. The first-order valence-electron chi connectivity index (χ1n) is 13.2. The maximum absolute atomic E-state index is 13.4. The number of ketones is 1. The van der Waals surface area contributed by atoms with Gasteiger partial charge in [-0.2, -0.15) is 5.26 Å². The molecule has 0 aliphatic carbocycles. The number of anilines is 1. The highest BCUT2D eigenvalue weighted by atomic mass is 32.2. The van der Waals surface area contributed by atoms with Crippen LogP contribution in [0, 0.1) is 18.3 Å². The summed E-state index contributed by atoms with van der Waals surface area (Å²) in [6, 6.07) is 25.6. The van der Waals surface area contributed by atoms with Gasteiger partial charge in [0.2, 0.25) is 11.8 Å². The maximum Gasteiger partial charge on any atom is 0.338 e. The van der Waals surface area contributed by atoms with Crippen LogP contribution in [0.5, 0.6) is 5.75 Å². The van der Waals surface area contributed by atoms with E-state index in [0.29, 0.717) is 33.3 Å². The number of aryl methyl sites for hydroxylation is 1. The van der Waals surface area contributed by atoms with Crippen LogP contribution in [0.1, 0.15) is 38.3 Å². The molecule has 9 nitrogen and oxygen atoms in total. The largest absolute Gasteiger partial charge is 0.497 e. The van der Waals surface area contributed by atoms with Crippen molar-refractivity contribution in [3.63, 3.8) is 0 Å². The summed E-state index contributed by atoms with van der Waals surface area (Å²) in [4.78, 5) is 56.9. The van der Waals surface area contributed by atoms with Gasteiger partial charge in [0.1, 0.15) is 16.8 Å². The molecule has 0 saturated carbocycles. The molecule has 214 valence electrons. The number of nitrogens with zero attached hydrogens (tertiary/aromatic N) is 3. The number of aromatic nitrogens is 1. The van der Waals surface area contributed by atoms with Gasteiger partial charge in [-0.3, -0.25) is 14.4 Å². The molecule has 1 aliphatic heterocycles. The predicted molar refractivity (Wildman–Crippen MR) is 160 cm³/mol. The number of Topliss-reactive ketones (excluding diaryl/α,β-unsaturated/α-hetero) is 1. The molecule has 2 amide bonds. The van der Waals surface area contributed by atoms with Crippen molar-refractivity contribution >= 4 is 41.0 Å². The Labute approximate surface area is 252 Å². The van der Waals surface area contributed by atoms with E-state index in [9.17, 15) is 24.4 Å². The molecule has 10 heteroatoms. The molecular weight excluding hydrogens is 566 g/mol. The lowest BCUT2D eigenvalue weighted by Crippen LogP contribution is -2.31. The summed E-state index contributed by atoms with van der Waals surface area (Å²) >= 11 is 1.09. The van der Waals surface area contributed by atoms with Crippen molar-refractivity contribution in [2.24, 2.45) is 0 Å². The molecule has 0 spiro atoms. The summed E-state index contributed by atoms with van der Waals surface area (Å²) < 4.78 is 10.2. The number of imide groups is 1. The van der Waals surface area contributed by atoms with Crippen molar-refractivity contribution in [2.45, 2.75) is 23.6 Å². The second-order valence-corrected chi connectivity index (χ2v) is 10.8. The molecule has 4 aromatic rings. The number of carbonyl (C=O) groups excluding carboxylic acids is 4. The fourth-order valence-electron chi connectivity index (χ4n) is 4.58. The molecule has 1 saturated heterocycles. The van der Waals surface area contributed by atoms with Crippen molar-refractivity contribution in [2.75, 3.05) is 18.6 Å². The highest BCUT2D eigenvalue weighted by Crippen LogP contribution is 2.36. The summed E-state index contributed by atoms with van der Waals surface area (Å²) in [5.41, 5.74) is 3.56. The van der Waals surface area contributed by atoms with Gasteiger partial charge in [-0.1, -0.05) is 42.1 Å². The minimum atomic E-state index is -0.771. The second-order valence-electron chi connectivity index (χ2n) is 9.64. The lowest BCUT2D eigenvalue weighted by Gasteiger charge is -2.16. The van der Waals surface area contributed by atoms with Gasteiger partial charge in [0.25, 0.3) is 0 Å². The minimum absolute atomic E-state index is 0.0676. The summed E-state index contributed by atoms with van der Waals surface area (Å²) in [6.07, 6.45) is -0.0676. The number of methoxy groups -OCH3 is 1. The van der Waals surface area contributed by atoms with Crippen LogP contribution in [0.15, 0.2) is 90.0 Å². The average Bonchev–Trinajstić information content (AvgIpc) is 3.32. The van der Waals surface area contributed by atoms with Gasteiger partial charge in [-0.05, 0) is 67.1 Å². The van der Waals surface area contributed by atoms with Crippen molar-refractivity contribution in [1.29, 1.82) is 5.26 Å². The topological polar surface area (TPSA) is 127 Å². The molecule has 1 atom stereocenters. The number of amides is 2. The monoisotopic (exact) mass is 591 g/mol. The average molecular weight is 592 g/mol. The van der Waals surface area contributed by atoms with E-state index in [4.69, 9.17) is 14.5 Å². The Kier molecular flexibility index (Phi) is 8.64. The van der Waals surface area contributed by atoms with Crippen LogP contribution in [0.3, 0.4) is 0 Å². The zero-order chi connectivity index (χ0) is 30.5. The van der Waals surface area contributed by atoms with E-state index < -0.39 is 29.6 Å². The van der Waals surface area contributed by atoms with Crippen molar-refractivity contribution < 1.29 is 28.7 Å². The Morgan fingerprint density at radius 2 is 1.67 bits per heavy atom. The molecule has 0 N–H and O–H groups in total. The van der Waals surface area contributed by atoms with E-state index in [1.54, 1.807) is 30.3 Å². The summed E-state index contributed by atoms with van der Waals surface area (Å²) in [6.45, 7) is 1.42. The first-order chi connectivity index (χ1) is 20.8. The molecule has 2 heterocycles. The number of thioether (sulfide) groups is 1. The fourth-order valence-corrected chi connectivity index (χ4v) is 5.66. The number of hydrogen-bond donors (Lipinski definition) is 0. The number of esters is 1. The van der Waals surface area contributed by atoms with Gasteiger partial charge < -0.3 is 9.47 Å². The van der Waals surface area contributed by atoms with Gasteiger partial charge in [0, 0.05) is 17.5 Å². The van der Waals surface area contributed by atoms with Crippen molar-refractivity contribution in [3.8, 4) is 23.1 Å². The van der Waals surface area contributed by atoms with Crippen LogP contribution in [0.25, 0.3) is 11.3 Å². The number of ether oxygens (including phenoxy) is 2. The SMILES string of the molecule is COc1ccc(C(=O)COC(=O)c2ccc(N3C(=O)CC(Sc4nc(-c5ccccc5)c(C)cc4C#N)C3=O)cc2)cc1. The van der Waals surface area contributed by atoms with Gasteiger partial charge in [0.05, 0.1) is 34.9 Å². The highest BCUT2D eigenvalue weighted by molar-refractivity contribution is 8.00. The lowest BCUT2D eigenvalue weighted by atomic mass is 10.1. The third-order valence-electron chi connectivity index (χ3n) is 6.81. The standard InChI is InChI=1S/C33H25N3O6S/c1-20-16-24(18-34)31(35-30(20)22-6-4-3-5-7-22)43-28-17-29(38)36(32(28)39)25-12-8-23(9-13-25)33(40)42-19-27(37)21-10-14-26(41-2)15-11-21/h3-16,28H,17,19H2,1-2H3. The first-order valence-corrected chi connectivity index (χ1v) is 14.1. The minimum Gasteiger partial charge on any atom is -0.497 e. The molecule has 3 aromatic carbocycles. The quantitative estimate of drug-likeness (QED) is 0.143. The van der Waals surface area contributed by atoms with E-state index in [1.165, 1.54) is 31.4 Å². The molecule has 0 radical (unpaired) electrons. The summed E-state index contributed by atoms with van der Waals surface area (Å²) in [5.74, 6) is -1.34. The lowest BCUT2D eigenvalue weighted by molar-refractivity contribution is -0.121. The van der Waals surface area contributed by atoms with Crippen molar-refractivity contribution in [1.82, 2.24) is 4.98 Å². The molecule has 5 rings (SSSR count). The number of hydrogen-bond acceptors (Lipinski definition) is 9. The van der Waals surface area contributed by atoms with Gasteiger partial charge in [-0.15, -0.1) is 0 Å². The maximum atomic E-state index is 13.4. The van der Waals surface area contributed by atoms with E-state index in [1.807, 2.05) is 37.3 Å². The number of pyridine rings is 1. The number of carbonyl (C=O) groups is 4. The molecular formula is C33H25N3O6S. The van der Waals surface area contributed by atoms with Gasteiger partial charge in [0.15, 0.2) is 12.4 Å². The molecule has 1 unspecified atom stereocenters. The Bertz CT molecular complexity index is 1750. The van der Waals surface area contributed by atoms with E-state index in [-0.39, 0.29) is 17.8 Å². The first kappa shape index (κ1) is 29.2. The third kappa shape index (κ3) is 6.32. The van der Waals surface area contributed by atoms with Crippen LogP contribution in [-0.4, -0.2) is 47.5 Å². The van der Waals surface area contributed by atoms with E-state index in [0.717, 1.165) is 27.8 Å². The van der Waals surface area contributed by atoms with Gasteiger partial charge >= 0.3 is 5.97 Å². The highest BCUT2D eigenvalue weighted by Gasteiger charge is 2.41. The molecule has 43 heavy (non-hydrogen) atoms. The molecule has 1 aromatic heterocycles. The smallest absolute Gasteiger partial charge is 0.338 e. The zero-order valence-electron chi connectivity index (χ0n) is 23.3. The van der Waals surface area contributed by atoms with E-state index in [2.05, 4.69) is 6.07 Å². The zero-order valence-corrected chi connectivity index (χ0v) is 24.1. The Morgan fingerprint density at radius 3 is 2.33 bits per heavy atom. The van der Waals surface area contributed by atoms with Crippen LogP contribution >= 0.6 is 11.8 Å². The normalized spacial score (nSPS) is 14.3. The molecule has 0 bridgehead atoms. The summed E-state index contributed by atoms with van der Waals surface area (Å²) in [7, 11) is 1.52. The predicted octanol–water partition coefficient (Wildman–Crippen LogP) is 5.40. The van der Waals surface area contributed by atoms with Crippen LogP contribution < -0.4 is 9.64 Å². The van der Waals surface area contributed by atoms with Crippen LogP contribution in [0.2, 0.25) is 0 Å². The Morgan fingerprint density at radius 1 is 1.00 bits per heavy atom. The molecule has 1 fully saturated rings. The van der Waals surface area contributed by atoms with Gasteiger partial charge in [-0.25, -0.2) is 14.7 Å². The van der Waals surface area contributed by atoms with Crippen molar-refractivity contribution in [3.05, 3.63) is 107 Å². The van der Waals surface area contributed by atoms with Crippen LogP contribution in [-0.2, 0) is 14.3 Å². The second kappa shape index (κ2) is 12.7. The summed E-state index contributed by atoms with van der Waals surface area (Å²) in [5, 5.41) is 9.32. The number of rotatable bonds is 9.